The summed E-state index contributed by atoms with van der Waals surface area (Å²) < 4.78 is 49.4. The fourth-order valence-electron chi connectivity index (χ4n) is 2.94. The molecule has 1 fully saturated rings. The number of amides is 3. The Balaban J connectivity index is 1.39. The molecule has 31 heavy (non-hydrogen) atoms. The average molecular weight is 448 g/mol. The molecule has 0 aliphatic carbocycles. The Bertz CT molecular complexity index is 1110. The van der Waals surface area contributed by atoms with Gasteiger partial charge in [0, 0.05) is 4.90 Å². The summed E-state index contributed by atoms with van der Waals surface area (Å²) in [5, 5.41) is 4.65. The highest BCUT2D eigenvalue weighted by molar-refractivity contribution is 7.99. The van der Waals surface area contributed by atoms with Gasteiger partial charge in [-0.25, -0.2) is 4.79 Å². The Morgan fingerprint density at radius 1 is 1.06 bits per heavy atom. The summed E-state index contributed by atoms with van der Waals surface area (Å²) in [4.78, 5) is 24.7. The van der Waals surface area contributed by atoms with Crippen LogP contribution in [-0.4, -0.2) is 11.9 Å². The molecular formula is C21H15F3N2O4S. The number of ether oxygens (including phenoxy) is 1. The Morgan fingerprint density at radius 3 is 2.52 bits per heavy atom. The fourth-order valence-corrected chi connectivity index (χ4v) is 3.86. The second-order valence-corrected chi connectivity index (χ2v) is 7.72. The second kappa shape index (κ2) is 8.38. The quantitative estimate of drug-likeness (QED) is 0.524. The fraction of sp³-hybridized carbons (Fsp3) is 0.143. The number of urea groups is 1. The predicted molar refractivity (Wildman–Crippen MR) is 104 cm³/mol. The highest BCUT2D eigenvalue weighted by atomic mass is 32.2. The zero-order valence-corrected chi connectivity index (χ0v) is 16.5. The molecule has 160 valence electrons. The number of alkyl halides is 3. The van der Waals surface area contributed by atoms with Gasteiger partial charge in [0.15, 0.2) is 6.04 Å². The monoisotopic (exact) mass is 448 g/mol. The first-order valence-electron chi connectivity index (χ1n) is 9.05. The minimum atomic E-state index is -4.40. The number of furan rings is 1. The van der Waals surface area contributed by atoms with Crippen LogP contribution in [0.3, 0.4) is 0 Å². The molecule has 3 amide bonds. The molecule has 1 saturated heterocycles. The molecule has 0 radical (unpaired) electrons. The SMILES string of the molecule is O=C1NC(=O)C(c2occc2Sc2ccc(OCc3cccc(C(F)(F)F)c3)cc2)N1. The van der Waals surface area contributed by atoms with Gasteiger partial charge in [0.1, 0.15) is 18.1 Å². The van der Waals surface area contributed by atoms with Crippen molar-refractivity contribution in [3.8, 4) is 5.75 Å². The minimum absolute atomic E-state index is 0.00121. The molecule has 2 aromatic carbocycles. The number of imide groups is 1. The highest BCUT2D eigenvalue weighted by Crippen LogP contribution is 2.36. The van der Waals surface area contributed by atoms with Gasteiger partial charge >= 0.3 is 12.2 Å². The number of carbonyl (C=O) groups excluding carboxylic acids is 2. The normalized spacial score (nSPS) is 16.2. The van der Waals surface area contributed by atoms with E-state index >= 15 is 0 Å². The van der Waals surface area contributed by atoms with Crippen molar-refractivity contribution in [2.45, 2.75) is 28.6 Å². The summed E-state index contributed by atoms with van der Waals surface area (Å²) >= 11 is 1.33. The average Bonchev–Trinajstić information content (AvgIpc) is 3.32. The third-order valence-corrected chi connectivity index (χ3v) is 5.47. The summed E-state index contributed by atoms with van der Waals surface area (Å²) in [6.45, 7) is -0.00121. The Morgan fingerprint density at radius 2 is 1.84 bits per heavy atom. The lowest BCUT2D eigenvalue weighted by Gasteiger charge is -2.11. The molecule has 0 spiro atoms. The van der Waals surface area contributed by atoms with Gasteiger partial charge in [-0.05, 0) is 48.0 Å². The van der Waals surface area contributed by atoms with Gasteiger partial charge in [0.05, 0.1) is 16.7 Å². The van der Waals surface area contributed by atoms with Gasteiger partial charge in [0.2, 0.25) is 0 Å². The van der Waals surface area contributed by atoms with Crippen molar-refractivity contribution in [3.05, 3.63) is 77.7 Å². The van der Waals surface area contributed by atoms with Crippen LogP contribution in [-0.2, 0) is 17.6 Å². The molecule has 10 heteroatoms. The van der Waals surface area contributed by atoms with Gasteiger partial charge in [0.25, 0.3) is 5.91 Å². The van der Waals surface area contributed by atoms with Crippen molar-refractivity contribution in [2.75, 3.05) is 0 Å². The van der Waals surface area contributed by atoms with E-state index in [2.05, 4.69) is 10.6 Å². The second-order valence-electron chi connectivity index (χ2n) is 6.61. The predicted octanol–water partition coefficient (Wildman–Crippen LogP) is 4.91. The lowest BCUT2D eigenvalue weighted by atomic mass is 10.1. The number of rotatable bonds is 6. The zero-order chi connectivity index (χ0) is 22.0. The smallest absolute Gasteiger partial charge is 0.416 e. The van der Waals surface area contributed by atoms with E-state index in [1.54, 1.807) is 36.4 Å². The summed E-state index contributed by atoms with van der Waals surface area (Å²) in [7, 11) is 0. The maximum atomic E-state index is 12.8. The molecule has 0 bridgehead atoms. The molecule has 1 aromatic heterocycles. The molecule has 1 aliphatic rings. The topological polar surface area (TPSA) is 80.6 Å². The first-order chi connectivity index (χ1) is 14.8. The number of hydrogen-bond donors (Lipinski definition) is 2. The van der Waals surface area contributed by atoms with Crippen LogP contribution < -0.4 is 15.4 Å². The van der Waals surface area contributed by atoms with Crippen LogP contribution >= 0.6 is 11.8 Å². The van der Waals surface area contributed by atoms with E-state index in [1.165, 1.54) is 24.1 Å². The third kappa shape index (κ3) is 4.85. The van der Waals surface area contributed by atoms with E-state index in [0.717, 1.165) is 17.0 Å². The van der Waals surface area contributed by atoms with Crippen LogP contribution in [0.1, 0.15) is 22.9 Å². The Hall–Kier alpha value is -3.40. The van der Waals surface area contributed by atoms with Crippen molar-refractivity contribution >= 4 is 23.7 Å². The lowest BCUT2D eigenvalue weighted by Crippen LogP contribution is -2.22. The molecule has 4 rings (SSSR count). The van der Waals surface area contributed by atoms with Crippen molar-refractivity contribution < 1.29 is 31.9 Å². The lowest BCUT2D eigenvalue weighted by molar-refractivity contribution is -0.137. The maximum Gasteiger partial charge on any atom is 0.416 e. The number of carbonyl (C=O) groups is 2. The third-order valence-electron chi connectivity index (χ3n) is 4.41. The van der Waals surface area contributed by atoms with Crippen LogP contribution in [0, 0.1) is 0 Å². The van der Waals surface area contributed by atoms with E-state index in [0.29, 0.717) is 22.0 Å². The first kappa shape index (κ1) is 20.9. The molecular weight excluding hydrogens is 433 g/mol. The van der Waals surface area contributed by atoms with E-state index < -0.39 is 29.7 Å². The standard InChI is InChI=1S/C21H15F3N2O4S/c22-21(23,24)13-3-1-2-12(10-13)11-30-14-4-6-15(7-5-14)31-16-8-9-29-18(16)17-19(27)26-20(28)25-17/h1-10,17H,11H2,(H2,25,26,27,28). The van der Waals surface area contributed by atoms with Crippen molar-refractivity contribution in [1.29, 1.82) is 0 Å². The van der Waals surface area contributed by atoms with Crippen molar-refractivity contribution in [2.24, 2.45) is 0 Å². The van der Waals surface area contributed by atoms with Crippen LogP contribution in [0.2, 0.25) is 0 Å². The first-order valence-corrected chi connectivity index (χ1v) is 9.87. The highest BCUT2D eigenvalue weighted by Gasteiger charge is 2.35. The van der Waals surface area contributed by atoms with Gasteiger partial charge in [-0.2, -0.15) is 13.2 Å². The summed E-state index contributed by atoms with van der Waals surface area (Å²) in [5.74, 6) is 0.343. The number of halogens is 3. The van der Waals surface area contributed by atoms with Gasteiger partial charge in [-0.15, -0.1) is 0 Å². The van der Waals surface area contributed by atoms with Gasteiger partial charge < -0.3 is 14.5 Å². The van der Waals surface area contributed by atoms with Crippen LogP contribution in [0.5, 0.6) is 5.75 Å². The maximum absolute atomic E-state index is 12.8. The molecule has 2 heterocycles. The molecule has 1 atom stereocenters. The zero-order valence-electron chi connectivity index (χ0n) is 15.7. The largest absolute Gasteiger partial charge is 0.489 e. The summed E-state index contributed by atoms with van der Waals surface area (Å²) in [5.41, 5.74) is -0.309. The van der Waals surface area contributed by atoms with Crippen LogP contribution in [0.15, 0.2) is 75.1 Å². The molecule has 1 aliphatic heterocycles. The number of benzene rings is 2. The molecule has 3 aromatic rings. The van der Waals surface area contributed by atoms with Crippen LogP contribution in [0.4, 0.5) is 18.0 Å². The Labute approximate surface area is 178 Å². The minimum Gasteiger partial charge on any atom is -0.489 e. The summed E-state index contributed by atoms with van der Waals surface area (Å²) in [6.07, 6.45) is -2.97. The Kier molecular flexibility index (Phi) is 5.64. The van der Waals surface area contributed by atoms with Crippen molar-refractivity contribution in [3.63, 3.8) is 0 Å². The van der Waals surface area contributed by atoms with E-state index in [1.807, 2.05) is 0 Å². The molecule has 0 saturated carbocycles. The summed E-state index contributed by atoms with van der Waals surface area (Å²) in [6, 6.07) is 12.1. The van der Waals surface area contributed by atoms with Gasteiger partial charge in [-0.3, -0.25) is 10.1 Å². The number of nitrogens with one attached hydrogen (secondary N) is 2. The van der Waals surface area contributed by atoms with Crippen molar-refractivity contribution in [1.82, 2.24) is 10.6 Å². The van der Waals surface area contributed by atoms with Crippen LogP contribution in [0.25, 0.3) is 0 Å². The van der Waals surface area contributed by atoms with E-state index in [4.69, 9.17) is 9.15 Å². The van der Waals surface area contributed by atoms with E-state index in [9.17, 15) is 22.8 Å². The molecule has 6 nitrogen and oxygen atoms in total. The molecule has 1 unspecified atom stereocenters. The number of hydrogen-bond acceptors (Lipinski definition) is 5. The van der Waals surface area contributed by atoms with Gasteiger partial charge in [-0.1, -0.05) is 23.9 Å². The molecule has 2 N–H and O–H groups in total. The van der Waals surface area contributed by atoms with E-state index in [-0.39, 0.29) is 6.61 Å².